The van der Waals surface area contributed by atoms with E-state index in [-0.39, 0.29) is 31.3 Å². The van der Waals surface area contributed by atoms with Crippen LogP contribution >= 0.6 is 0 Å². The Bertz CT molecular complexity index is 1080. The summed E-state index contributed by atoms with van der Waals surface area (Å²) < 4.78 is 0. The minimum atomic E-state index is -1.25. The number of carboxylic acid groups (broad SMARTS) is 1. The first-order valence-corrected chi connectivity index (χ1v) is 14.3. The van der Waals surface area contributed by atoms with E-state index in [1.807, 2.05) is 0 Å². The van der Waals surface area contributed by atoms with Gasteiger partial charge in [-0.05, 0) is 43.7 Å². The van der Waals surface area contributed by atoms with Crippen molar-refractivity contribution in [3.63, 3.8) is 0 Å². The molecule has 1 aromatic rings. The van der Waals surface area contributed by atoms with E-state index in [1.54, 1.807) is 44.2 Å². The number of nitrogens with one attached hydrogen (secondary N) is 4. The fraction of sp³-hybridized carbons (Fsp3) is 0.571. The highest BCUT2D eigenvalue weighted by Gasteiger charge is 2.30. The van der Waals surface area contributed by atoms with Crippen LogP contribution in [0, 0.1) is 5.92 Å². The summed E-state index contributed by atoms with van der Waals surface area (Å²) in [5.74, 6) is -4.18. The summed E-state index contributed by atoms with van der Waals surface area (Å²) in [5.41, 5.74) is 22.7. The van der Waals surface area contributed by atoms with Crippen molar-refractivity contribution < 1.29 is 29.1 Å². The predicted octanol–water partition coefficient (Wildman–Crippen LogP) is -1.95. The third kappa shape index (κ3) is 15.0. The molecule has 240 valence electrons. The normalized spacial score (nSPS) is 13.6. The Morgan fingerprint density at radius 1 is 0.860 bits per heavy atom. The Balaban J connectivity index is 2.90. The lowest BCUT2D eigenvalue weighted by Crippen LogP contribution is -2.58. The lowest BCUT2D eigenvalue weighted by molar-refractivity contribution is -0.142. The van der Waals surface area contributed by atoms with Crippen molar-refractivity contribution >= 4 is 35.6 Å². The van der Waals surface area contributed by atoms with Gasteiger partial charge in [0.1, 0.15) is 18.1 Å². The summed E-state index contributed by atoms with van der Waals surface area (Å²) in [6.07, 6.45) is 2.27. The first-order valence-electron chi connectivity index (χ1n) is 14.3. The third-order valence-electron chi connectivity index (χ3n) is 6.47. The number of hydrogen-bond acceptors (Lipinski definition) is 8. The van der Waals surface area contributed by atoms with Crippen LogP contribution in [0.15, 0.2) is 35.3 Å². The van der Waals surface area contributed by atoms with Crippen molar-refractivity contribution in [1.29, 1.82) is 0 Å². The highest BCUT2D eigenvalue weighted by molar-refractivity contribution is 5.94. The quantitative estimate of drug-likeness (QED) is 0.0450. The maximum absolute atomic E-state index is 13.3. The average molecular weight is 606 g/mol. The zero-order valence-corrected chi connectivity index (χ0v) is 24.9. The zero-order valence-electron chi connectivity index (χ0n) is 24.9. The smallest absolute Gasteiger partial charge is 0.326 e. The molecule has 0 aromatic heterocycles. The Kier molecular flexibility index (Phi) is 16.9. The fourth-order valence-corrected chi connectivity index (χ4v) is 4.05. The molecule has 4 amide bonds. The SMILES string of the molecule is CC(C)C(NC(=O)C(N)CCCCN)C(=O)NC(Cc1ccccc1)C(=O)NCC(=O)NC(CCCN=C(N)N)C(=O)O. The van der Waals surface area contributed by atoms with Gasteiger partial charge in [0.2, 0.25) is 23.6 Å². The van der Waals surface area contributed by atoms with Crippen LogP contribution in [-0.2, 0) is 30.4 Å². The van der Waals surface area contributed by atoms with E-state index in [2.05, 4.69) is 26.3 Å². The number of benzene rings is 1. The van der Waals surface area contributed by atoms with E-state index >= 15 is 0 Å². The van der Waals surface area contributed by atoms with Crippen molar-refractivity contribution in [2.45, 2.75) is 76.5 Å². The summed E-state index contributed by atoms with van der Waals surface area (Å²) in [5, 5.41) is 19.6. The van der Waals surface area contributed by atoms with Crippen LogP contribution in [-0.4, -0.2) is 84.5 Å². The highest BCUT2D eigenvalue weighted by Crippen LogP contribution is 2.08. The molecule has 13 N–H and O–H groups in total. The number of hydrogen-bond donors (Lipinski definition) is 9. The molecule has 0 saturated carbocycles. The van der Waals surface area contributed by atoms with Gasteiger partial charge in [-0.2, -0.15) is 0 Å². The van der Waals surface area contributed by atoms with E-state index in [4.69, 9.17) is 22.9 Å². The topological polar surface area (TPSA) is 270 Å². The van der Waals surface area contributed by atoms with Crippen molar-refractivity contribution in [3.05, 3.63) is 35.9 Å². The number of carbonyl (C=O) groups is 5. The zero-order chi connectivity index (χ0) is 32.4. The number of rotatable bonds is 20. The third-order valence-corrected chi connectivity index (χ3v) is 6.47. The van der Waals surface area contributed by atoms with Gasteiger partial charge in [-0.25, -0.2) is 4.79 Å². The molecule has 0 aliphatic carbocycles. The lowest BCUT2D eigenvalue weighted by Gasteiger charge is -2.26. The molecule has 1 aromatic carbocycles. The van der Waals surface area contributed by atoms with E-state index in [0.29, 0.717) is 25.8 Å². The highest BCUT2D eigenvalue weighted by atomic mass is 16.4. The first-order chi connectivity index (χ1) is 20.3. The Morgan fingerprint density at radius 2 is 1.53 bits per heavy atom. The number of aliphatic imine (C=N–C) groups is 1. The molecular weight excluding hydrogens is 558 g/mol. The van der Waals surface area contributed by atoms with Gasteiger partial charge in [-0.1, -0.05) is 50.6 Å². The van der Waals surface area contributed by atoms with E-state index in [0.717, 1.165) is 12.0 Å². The molecule has 0 fully saturated rings. The number of nitrogens with two attached hydrogens (primary N) is 4. The van der Waals surface area contributed by atoms with Gasteiger partial charge >= 0.3 is 5.97 Å². The average Bonchev–Trinajstić information content (AvgIpc) is 2.95. The second-order valence-electron chi connectivity index (χ2n) is 10.5. The predicted molar refractivity (Wildman–Crippen MR) is 162 cm³/mol. The van der Waals surface area contributed by atoms with Crippen LogP contribution in [0.25, 0.3) is 0 Å². The molecule has 1 rings (SSSR count). The summed E-state index contributed by atoms with van der Waals surface area (Å²) >= 11 is 0. The lowest BCUT2D eigenvalue weighted by atomic mass is 10.00. The second kappa shape index (κ2) is 19.8. The molecule has 15 nitrogen and oxygen atoms in total. The van der Waals surface area contributed by atoms with Crippen molar-refractivity contribution in [3.8, 4) is 0 Å². The molecule has 0 heterocycles. The number of carbonyl (C=O) groups excluding carboxylic acids is 4. The molecule has 0 aliphatic rings. The van der Waals surface area contributed by atoms with Crippen molar-refractivity contribution in [2.24, 2.45) is 33.8 Å². The van der Waals surface area contributed by atoms with E-state index in [9.17, 15) is 29.1 Å². The molecule has 0 saturated heterocycles. The number of unbranched alkanes of at least 4 members (excludes halogenated alkanes) is 1. The van der Waals surface area contributed by atoms with Crippen molar-refractivity contribution in [2.75, 3.05) is 19.6 Å². The Labute approximate surface area is 252 Å². The molecule has 0 aliphatic heterocycles. The summed E-state index contributed by atoms with van der Waals surface area (Å²) in [6.45, 7) is 3.64. The molecule has 4 unspecified atom stereocenters. The van der Waals surface area contributed by atoms with Gasteiger partial charge in [0.25, 0.3) is 0 Å². The molecular formula is C28H47N9O6. The van der Waals surface area contributed by atoms with Crippen LogP contribution in [0.2, 0.25) is 0 Å². The minimum Gasteiger partial charge on any atom is -0.480 e. The van der Waals surface area contributed by atoms with Gasteiger partial charge < -0.3 is 49.3 Å². The summed E-state index contributed by atoms with van der Waals surface area (Å²) in [4.78, 5) is 66.9. The van der Waals surface area contributed by atoms with Crippen LogP contribution in [0.4, 0.5) is 0 Å². The van der Waals surface area contributed by atoms with Gasteiger partial charge in [0.05, 0.1) is 12.6 Å². The monoisotopic (exact) mass is 605 g/mol. The largest absolute Gasteiger partial charge is 0.480 e. The van der Waals surface area contributed by atoms with Crippen LogP contribution in [0.3, 0.4) is 0 Å². The second-order valence-corrected chi connectivity index (χ2v) is 10.5. The molecule has 0 bridgehead atoms. The number of amides is 4. The summed E-state index contributed by atoms with van der Waals surface area (Å²) in [6, 6.07) is 4.82. The van der Waals surface area contributed by atoms with Crippen LogP contribution < -0.4 is 44.2 Å². The fourth-order valence-electron chi connectivity index (χ4n) is 4.05. The van der Waals surface area contributed by atoms with Gasteiger partial charge in [0, 0.05) is 13.0 Å². The van der Waals surface area contributed by atoms with Crippen LogP contribution in [0.5, 0.6) is 0 Å². The number of guanidine groups is 1. The summed E-state index contributed by atoms with van der Waals surface area (Å²) in [7, 11) is 0. The molecule has 4 atom stereocenters. The van der Waals surface area contributed by atoms with Gasteiger partial charge in [0.15, 0.2) is 5.96 Å². The standard InChI is InChI=1S/C28H47N9O6/c1-17(2)23(37-24(39)19(30)11-6-7-13-29)26(41)36-21(15-18-9-4-3-5-10-18)25(40)34-16-22(38)35-20(27(42)43)12-8-14-33-28(31)32/h3-5,9-10,17,19-21,23H,6-8,11-16,29-30H2,1-2H3,(H,34,40)(H,35,38)(H,36,41)(H,37,39)(H,42,43)(H4,31,32,33). The minimum absolute atomic E-state index is 0.0669. The van der Waals surface area contributed by atoms with E-state index < -0.39 is 60.3 Å². The molecule has 0 spiro atoms. The van der Waals surface area contributed by atoms with Gasteiger partial charge in [-0.3, -0.25) is 24.2 Å². The molecule has 43 heavy (non-hydrogen) atoms. The Morgan fingerprint density at radius 3 is 2.12 bits per heavy atom. The number of aliphatic carboxylic acids is 1. The maximum Gasteiger partial charge on any atom is 0.326 e. The van der Waals surface area contributed by atoms with Crippen LogP contribution in [0.1, 0.15) is 51.5 Å². The number of carboxylic acids is 1. The maximum atomic E-state index is 13.3. The number of nitrogens with zero attached hydrogens (tertiary/aromatic N) is 1. The first kappa shape index (κ1) is 36.8. The molecule has 15 heteroatoms. The van der Waals surface area contributed by atoms with Crippen molar-refractivity contribution in [1.82, 2.24) is 21.3 Å². The Hall–Kier alpha value is -4.24. The van der Waals surface area contributed by atoms with Gasteiger partial charge in [-0.15, -0.1) is 0 Å². The molecule has 0 radical (unpaired) electrons. The van der Waals surface area contributed by atoms with E-state index in [1.165, 1.54) is 0 Å².